The van der Waals surface area contributed by atoms with Gasteiger partial charge in [-0.3, -0.25) is 4.79 Å². The molecule has 0 bridgehead atoms. The molecule has 2 aromatic rings. The molecule has 2 rings (SSSR count). The number of hydrogen-bond acceptors (Lipinski definition) is 2. The van der Waals surface area contributed by atoms with Gasteiger partial charge in [-0.15, -0.1) is 0 Å². The van der Waals surface area contributed by atoms with E-state index < -0.39 is 17.6 Å². The largest absolute Gasteiger partial charge is 0.492 e. The number of hydrogen-bond donors (Lipinski definition) is 1. The highest BCUT2D eigenvalue weighted by Crippen LogP contribution is 2.29. The predicted molar refractivity (Wildman–Crippen MR) is 80.5 cm³/mol. The van der Waals surface area contributed by atoms with Gasteiger partial charge in [0, 0.05) is 5.56 Å². The molecule has 0 radical (unpaired) electrons. The molecule has 0 fully saturated rings. The van der Waals surface area contributed by atoms with Crippen LogP contribution in [0, 0.1) is 6.92 Å². The smallest absolute Gasteiger partial charge is 0.416 e. The lowest BCUT2D eigenvalue weighted by molar-refractivity contribution is -0.137. The van der Waals surface area contributed by atoms with E-state index in [9.17, 15) is 18.0 Å². The van der Waals surface area contributed by atoms with Gasteiger partial charge in [0.05, 0.1) is 12.1 Å². The maximum atomic E-state index is 12.4. The summed E-state index contributed by atoms with van der Waals surface area (Å²) in [6.45, 7) is 2.48. The van der Waals surface area contributed by atoms with E-state index >= 15 is 0 Å². The average Bonchev–Trinajstić information content (AvgIpc) is 2.51. The Morgan fingerprint density at radius 2 is 1.83 bits per heavy atom. The van der Waals surface area contributed by atoms with E-state index in [1.54, 1.807) is 0 Å². The van der Waals surface area contributed by atoms with Gasteiger partial charge < -0.3 is 10.1 Å². The maximum absolute atomic E-state index is 12.4. The van der Waals surface area contributed by atoms with Crippen molar-refractivity contribution >= 4 is 5.91 Å². The van der Waals surface area contributed by atoms with Crippen molar-refractivity contribution in [3.8, 4) is 5.75 Å². The third-order valence-corrected chi connectivity index (χ3v) is 3.12. The second kappa shape index (κ2) is 7.17. The summed E-state index contributed by atoms with van der Waals surface area (Å²) in [6.07, 6.45) is -4.41. The van der Waals surface area contributed by atoms with Gasteiger partial charge in [-0.1, -0.05) is 12.1 Å². The van der Waals surface area contributed by atoms with Crippen LogP contribution in [0.15, 0.2) is 48.5 Å². The number of amides is 1. The SMILES string of the molecule is Cc1cccc(OCCNC(=O)c2ccc(C(F)(F)F)cc2)c1. The van der Waals surface area contributed by atoms with Crippen molar-refractivity contribution in [3.63, 3.8) is 0 Å². The van der Waals surface area contributed by atoms with Crippen LogP contribution in [-0.4, -0.2) is 19.1 Å². The molecule has 1 N–H and O–H groups in total. The van der Waals surface area contributed by atoms with Gasteiger partial charge in [-0.25, -0.2) is 0 Å². The number of halogens is 3. The summed E-state index contributed by atoms with van der Waals surface area (Å²) in [5.74, 6) is 0.264. The number of carbonyl (C=O) groups is 1. The molecular formula is C17H16F3NO2. The molecule has 0 spiro atoms. The topological polar surface area (TPSA) is 38.3 Å². The molecule has 0 saturated carbocycles. The normalized spacial score (nSPS) is 11.1. The standard InChI is InChI=1S/C17H16F3NO2/c1-12-3-2-4-15(11-12)23-10-9-21-16(22)13-5-7-14(8-6-13)17(18,19)20/h2-8,11H,9-10H2,1H3,(H,21,22). The summed E-state index contributed by atoms with van der Waals surface area (Å²) in [6, 6.07) is 11.6. The zero-order valence-corrected chi connectivity index (χ0v) is 12.5. The number of benzene rings is 2. The van der Waals surface area contributed by atoms with Crippen LogP contribution in [0.2, 0.25) is 0 Å². The van der Waals surface area contributed by atoms with Gasteiger partial charge in [0.1, 0.15) is 12.4 Å². The fraction of sp³-hybridized carbons (Fsp3) is 0.235. The molecule has 0 saturated heterocycles. The number of aryl methyl sites for hydroxylation is 1. The molecule has 0 aliphatic heterocycles. The first-order valence-corrected chi connectivity index (χ1v) is 7.01. The molecule has 0 atom stereocenters. The van der Waals surface area contributed by atoms with E-state index in [0.29, 0.717) is 5.75 Å². The van der Waals surface area contributed by atoms with Crippen molar-refractivity contribution < 1.29 is 22.7 Å². The van der Waals surface area contributed by atoms with Gasteiger partial charge in [-0.2, -0.15) is 13.2 Å². The summed E-state index contributed by atoms with van der Waals surface area (Å²) in [5, 5.41) is 2.60. The molecule has 1 amide bonds. The number of alkyl halides is 3. The van der Waals surface area contributed by atoms with E-state index in [1.165, 1.54) is 0 Å². The quantitative estimate of drug-likeness (QED) is 0.850. The molecule has 0 aromatic heterocycles. The fourth-order valence-corrected chi connectivity index (χ4v) is 1.95. The highest BCUT2D eigenvalue weighted by atomic mass is 19.4. The highest BCUT2D eigenvalue weighted by molar-refractivity contribution is 5.94. The highest BCUT2D eigenvalue weighted by Gasteiger charge is 2.30. The molecule has 0 unspecified atom stereocenters. The molecule has 122 valence electrons. The Hall–Kier alpha value is -2.50. The summed E-state index contributed by atoms with van der Waals surface area (Å²) in [7, 11) is 0. The molecule has 2 aromatic carbocycles. The van der Waals surface area contributed by atoms with Crippen LogP contribution >= 0.6 is 0 Å². The van der Waals surface area contributed by atoms with Crippen molar-refractivity contribution in [2.45, 2.75) is 13.1 Å². The zero-order valence-electron chi connectivity index (χ0n) is 12.5. The molecule has 6 heteroatoms. The van der Waals surface area contributed by atoms with Gasteiger partial charge >= 0.3 is 6.18 Å². The van der Waals surface area contributed by atoms with Crippen LogP contribution in [0.5, 0.6) is 5.75 Å². The Morgan fingerprint density at radius 3 is 2.43 bits per heavy atom. The Bertz CT molecular complexity index is 666. The number of carbonyl (C=O) groups excluding carboxylic acids is 1. The summed E-state index contributed by atoms with van der Waals surface area (Å²) >= 11 is 0. The summed E-state index contributed by atoms with van der Waals surface area (Å²) in [4.78, 5) is 11.8. The Labute approximate surface area is 132 Å². The maximum Gasteiger partial charge on any atom is 0.416 e. The van der Waals surface area contributed by atoms with Crippen molar-refractivity contribution in [1.82, 2.24) is 5.32 Å². The molecule has 0 aliphatic rings. The van der Waals surface area contributed by atoms with Crippen molar-refractivity contribution in [2.75, 3.05) is 13.2 Å². The molecule has 0 aliphatic carbocycles. The van der Waals surface area contributed by atoms with Crippen LogP contribution in [0.25, 0.3) is 0 Å². The minimum atomic E-state index is -4.41. The van der Waals surface area contributed by atoms with Crippen LogP contribution in [0.1, 0.15) is 21.5 Å². The van der Waals surface area contributed by atoms with Gasteiger partial charge in [0.15, 0.2) is 0 Å². The van der Waals surface area contributed by atoms with Crippen LogP contribution in [-0.2, 0) is 6.18 Å². The first-order chi connectivity index (χ1) is 10.9. The molecule has 0 heterocycles. The minimum absolute atomic E-state index is 0.175. The van der Waals surface area contributed by atoms with E-state index in [1.807, 2.05) is 31.2 Å². The minimum Gasteiger partial charge on any atom is -0.492 e. The first kappa shape index (κ1) is 16.9. The number of ether oxygens (including phenoxy) is 1. The summed E-state index contributed by atoms with van der Waals surface area (Å²) in [5.41, 5.74) is 0.460. The first-order valence-electron chi connectivity index (χ1n) is 7.01. The fourth-order valence-electron chi connectivity index (χ4n) is 1.95. The molecule has 3 nitrogen and oxygen atoms in total. The van der Waals surface area contributed by atoms with Crippen LogP contribution in [0.3, 0.4) is 0 Å². The Morgan fingerprint density at radius 1 is 1.13 bits per heavy atom. The Kier molecular flexibility index (Phi) is 5.26. The van der Waals surface area contributed by atoms with E-state index in [4.69, 9.17) is 4.74 Å². The lowest BCUT2D eigenvalue weighted by Crippen LogP contribution is -2.28. The monoisotopic (exact) mass is 323 g/mol. The van der Waals surface area contributed by atoms with Crippen molar-refractivity contribution in [2.24, 2.45) is 0 Å². The van der Waals surface area contributed by atoms with Crippen LogP contribution < -0.4 is 10.1 Å². The summed E-state index contributed by atoms with van der Waals surface area (Å²) < 4.78 is 42.8. The molecular weight excluding hydrogens is 307 g/mol. The number of nitrogens with one attached hydrogen (secondary N) is 1. The third kappa shape index (κ3) is 5.02. The predicted octanol–water partition coefficient (Wildman–Crippen LogP) is 3.82. The van der Waals surface area contributed by atoms with Crippen LogP contribution in [0.4, 0.5) is 13.2 Å². The van der Waals surface area contributed by atoms with Crippen molar-refractivity contribution in [1.29, 1.82) is 0 Å². The average molecular weight is 323 g/mol. The van der Waals surface area contributed by atoms with Gasteiger partial charge in [0.25, 0.3) is 5.91 Å². The van der Waals surface area contributed by atoms with E-state index in [2.05, 4.69) is 5.32 Å². The van der Waals surface area contributed by atoms with Gasteiger partial charge in [-0.05, 0) is 48.9 Å². The zero-order chi connectivity index (χ0) is 16.9. The van der Waals surface area contributed by atoms with E-state index in [-0.39, 0.29) is 18.7 Å². The molecule has 23 heavy (non-hydrogen) atoms. The number of rotatable bonds is 5. The Balaban J connectivity index is 1.81. The van der Waals surface area contributed by atoms with Crippen molar-refractivity contribution in [3.05, 3.63) is 65.2 Å². The van der Waals surface area contributed by atoms with Gasteiger partial charge in [0.2, 0.25) is 0 Å². The lowest BCUT2D eigenvalue weighted by atomic mass is 10.1. The third-order valence-electron chi connectivity index (χ3n) is 3.12. The van der Waals surface area contributed by atoms with E-state index in [0.717, 1.165) is 29.8 Å². The second-order valence-electron chi connectivity index (χ2n) is 5.00. The lowest BCUT2D eigenvalue weighted by Gasteiger charge is -2.09. The second-order valence-corrected chi connectivity index (χ2v) is 5.00.